The van der Waals surface area contributed by atoms with Gasteiger partial charge in [-0.25, -0.2) is 0 Å². The van der Waals surface area contributed by atoms with Crippen molar-refractivity contribution in [3.63, 3.8) is 0 Å². The molecule has 1 aliphatic rings. The Hall–Kier alpha value is -1.76. The lowest BCUT2D eigenvalue weighted by Crippen LogP contribution is -2.14. The fourth-order valence-corrected chi connectivity index (χ4v) is 2.34. The molecule has 0 saturated heterocycles. The second-order valence-corrected chi connectivity index (χ2v) is 5.00. The molecule has 88 valence electrons. The Balaban J connectivity index is 2.66. The second kappa shape index (κ2) is 3.92. The lowest BCUT2D eigenvalue weighted by atomic mass is 9.83. The van der Waals surface area contributed by atoms with Gasteiger partial charge in [0.25, 0.3) is 0 Å². The molecule has 1 heteroatoms. The maximum Gasteiger partial charge on any atom is 0.0276 e. The van der Waals surface area contributed by atoms with E-state index in [1.807, 2.05) is 19.1 Å². The van der Waals surface area contributed by atoms with Gasteiger partial charge < -0.3 is 5.73 Å². The van der Waals surface area contributed by atoms with Crippen LogP contribution in [-0.4, -0.2) is 0 Å². The van der Waals surface area contributed by atoms with E-state index in [4.69, 9.17) is 5.73 Å². The lowest BCUT2D eigenvalue weighted by Gasteiger charge is -2.20. The standard InChI is InChI=1S/C16H19N/c1-5-12(17)10-14-11(2)16(3,4)15-9-7-6-8-13(14)15/h5-10H,2,17H2,1,3-4H3/b12-5+,14-10+. The van der Waals surface area contributed by atoms with Crippen molar-refractivity contribution in [3.8, 4) is 0 Å². The fraction of sp³-hybridized carbons (Fsp3) is 0.250. The predicted octanol–water partition coefficient (Wildman–Crippen LogP) is 3.78. The van der Waals surface area contributed by atoms with E-state index in [9.17, 15) is 0 Å². The molecular weight excluding hydrogens is 206 g/mol. The number of rotatable bonds is 1. The first-order chi connectivity index (χ1) is 7.98. The molecule has 0 aromatic heterocycles. The molecule has 0 radical (unpaired) electrons. The third kappa shape index (κ3) is 1.72. The summed E-state index contributed by atoms with van der Waals surface area (Å²) < 4.78 is 0. The highest BCUT2D eigenvalue weighted by atomic mass is 14.6. The monoisotopic (exact) mass is 225 g/mol. The summed E-state index contributed by atoms with van der Waals surface area (Å²) in [6.45, 7) is 10.6. The average molecular weight is 225 g/mol. The van der Waals surface area contributed by atoms with Crippen LogP contribution < -0.4 is 5.73 Å². The maximum absolute atomic E-state index is 5.90. The van der Waals surface area contributed by atoms with Crippen molar-refractivity contribution in [2.45, 2.75) is 26.2 Å². The molecule has 0 fully saturated rings. The molecule has 0 heterocycles. The highest BCUT2D eigenvalue weighted by molar-refractivity contribution is 5.90. The normalized spacial score (nSPS) is 20.8. The first-order valence-corrected chi connectivity index (χ1v) is 5.91. The van der Waals surface area contributed by atoms with Gasteiger partial charge in [-0.3, -0.25) is 0 Å². The van der Waals surface area contributed by atoms with E-state index in [1.54, 1.807) is 0 Å². The summed E-state index contributed by atoms with van der Waals surface area (Å²) in [5.41, 5.74) is 11.6. The molecule has 1 aromatic rings. The summed E-state index contributed by atoms with van der Waals surface area (Å²) in [5.74, 6) is 0. The second-order valence-electron chi connectivity index (χ2n) is 5.00. The van der Waals surface area contributed by atoms with Gasteiger partial charge in [0.2, 0.25) is 0 Å². The molecule has 2 rings (SSSR count). The Bertz CT molecular complexity index is 530. The van der Waals surface area contributed by atoms with Gasteiger partial charge in [-0.15, -0.1) is 0 Å². The summed E-state index contributed by atoms with van der Waals surface area (Å²) in [7, 11) is 0. The summed E-state index contributed by atoms with van der Waals surface area (Å²) >= 11 is 0. The van der Waals surface area contributed by atoms with E-state index in [1.165, 1.54) is 16.7 Å². The summed E-state index contributed by atoms with van der Waals surface area (Å²) in [6.07, 6.45) is 3.93. The van der Waals surface area contributed by atoms with Crippen molar-refractivity contribution >= 4 is 5.57 Å². The van der Waals surface area contributed by atoms with Crippen LogP contribution in [0.5, 0.6) is 0 Å². The number of fused-ring (bicyclic) bond motifs is 1. The number of benzene rings is 1. The Labute approximate surface area is 103 Å². The summed E-state index contributed by atoms with van der Waals surface area (Å²) in [4.78, 5) is 0. The van der Waals surface area contributed by atoms with Crippen LogP contribution in [0.25, 0.3) is 5.57 Å². The molecule has 0 bridgehead atoms. The highest BCUT2D eigenvalue weighted by Gasteiger charge is 2.36. The van der Waals surface area contributed by atoms with Gasteiger partial charge in [0.15, 0.2) is 0 Å². The number of nitrogens with two attached hydrogens (primary N) is 1. The van der Waals surface area contributed by atoms with Crippen LogP contribution in [0.2, 0.25) is 0 Å². The molecule has 17 heavy (non-hydrogen) atoms. The maximum atomic E-state index is 5.90. The van der Waals surface area contributed by atoms with Crippen LogP contribution in [0.4, 0.5) is 0 Å². The molecular formula is C16H19N. The molecule has 0 atom stereocenters. The minimum Gasteiger partial charge on any atom is -0.399 e. The Morgan fingerprint density at radius 3 is 2.59 bits per heavy atom. The van der Waals surface area contributed by atoms with Crippen LogP contribution in [0.3, 0.4) is 0 Å². The predicted molar refractivity (Wildman–Crippen MR) is 74.5 cm³/mol. The van der Waals surface area contributed by atoms with Crippen molar-refractivity contribution in [1.82, 2.24) is 0 Å². The van der Waals surface area contributed by atoms with E-state index in [-0.39, 0.29) is 5.41 Å². The molecule has 0 saturated carbocycles. The van der Waals surface area contributed by atoms with Crippen LogP contribution in [0.15, 0.2) is 54.3 Å². The zero-order valence-electron chi connectivity index (χ0n) is 10.7. The van der Waals surface area contributed by atoms with Crippen molar-refractivity contribution < 1.29 is 0 Å². The van der Waals surface area contributed by atoms with Crippen LogP contribution in [0.1, 0.15) is 31.9 Å². The zero-order chi connectivity index (χ0) is 12.6. The average Bonchev–Trinajstić information content (AvgIpc) is 2.51. The van der Waals surface area contributed by atoms with Gasteiger partial charge >= 0.3 is 0 Å². The van der Waals surface area contributed by atoms with E-state index < -0.39 is 0 Å². The van der Waals surface area contributed by atoms with Gasteiger partial charge in [0, 0.05) is 11.1 Å². The minimum atomic E-state index is -0.00352. The Morgan fingerprint density at radius 1 is 1.29 bits per heavy atom. The molecule has 2 N–H and O–H groups in total. The van der Waals surface area contributed by atoms with E-state index in [2.05, 4.69) is 44.7 Å². The van der Waals surface area contributed by atoms with E-state index in [0.29, 0.717) is 0 Å². The largest absolute Gasteiger partial charge is 0.399 e. The smallest absolute Gasteiger partial charge is 0.0276 e. The minimum absolute atomic E-state index is 0.00352. The molecule has 0 amide bonds. The fourth-order valence-electron chi connectivity index (χ4n) is 2.34. The van der Waals surface area contributed by atoms with Gasteiger partial charge in [0.1, 0.15) is 0 Å². The zero-order valence-corrected chi connectivity index (χ0v) is 10.7. The lowest BCUT2D eigenvalue weighted by molar-refractivity contribution is 0.663. The van der Waals surface area contributed by atoms with Gasteiger partial charge in [0.05, 0.1) is 0 Å². The molecule has 0 spiro atoms. The highest BCUT2D eigenvalue weighted by Crippen LogP contribution is 2.48. The van der Waals surface area contributed by atoms with Crippen LogP contribution in [-0.2, 0) is 5.41 Å². The first-order valence-electron chi connectivity index (χ1n) is 5.91. The third-order valence-electron chi connectivity index (χ3n) is 3.61. The van der Waals surface area contributed by atoms with E-state index >= 15 is 0 Å². The molecule has 0 aliphatic heterocycles. The van der Waals surface area contributed by atoms with Gasteiger partial charge in [-0.2, -0.15) is 0 Å². The first kappa shape index (κ1) is 11.7. The SMILES string of the molecule is C=C1/C(=C\C(N)=C/C)c2ccccc2C1(C)C. The van der Waals surface area contributed by atoms with Crippen molar-refractivity contribution in [2.75, 3.05) is 0 Å². The number of hydrogen-bond donors (Lipinski definition) is 1. The Kier molecular flexibility index (Phi) is 2.70. The van der Waals surface area contributed by atoms with Crippen molar-refractivity contribution in [1.29, 1.82) is 0 Å². The Morgan fingerprint density at radius 2 is 1.94 bits per heavy atom. The summed E-state index contributed by atoms with van der Waals surface area (Å²) in [6, 6.07) is 8.46. The number of allylic oxidation sites excluding steroid dienone is 4. The van der Waals surface area contributed by atoms with E-state index in [0.717, 1.165) is 11.3 Å². The molecule has 1 nitrogen and oxygen atoms in total. The third-order valence-corrected chi connectivity index (χ3v) is 3.61. The summed E-state index contributed by atoms with van der Waals surface area (Å²) in [5, 5.41) is 0. The van der Waals surface area contributed by atoms with Crippen molar-refractivity contribution in [3.05, 3.63) is 65.4 Å². The molecule has 1 aromatic carbocycles. The topological polar surface area (TPSA) is 26.0 Å². The van der Waals surface area contributed by atoms with Crippen LogP contribution in [0, 0.1) is 0 Å². The molecule has 1 aliphatic carbocycles. The van der Waals surface area contributed by atoms with Crippen molar-refractivity contribution in [2.24, 2.45) is 5.73 Å². The quantitative estimate of drug-likeness (QED) is 0.773. The molecule has 0 unspecified atom stereocenters. The number of hydrogen-bond acceptors (Lipinski definition) is 1. The van der Waals surface area contributed by atoms with Gasteiger partial charge in [-0.05, 0) is 35.3 Å². The van der Waals surface area contributed by atoms with Crippen LogP contribution >= 0.6 is 0 Å². The van der Waals surface area contributed by atoms with Gasteiger partial charge in [-0.1, -0.05) is 50.8 Å².